The third-order valence-electron chi connectivity index (χ3n) is 3.02. The van der Waals surface area contributed by atoms with Gasteiger partial charge in [0.1, 0.15) is 5.69 Å². The normalized spacial score (nSPS) is 12.3. The van der Waals surface area contributed by atoms with Crippen LogP contribution in [-0.2, 0) is 9.53 Å². The highest BCUT2D eigenvalue weighted by Gasteiger charge is 2.24. The van der Waals surface area contributed by atoms with Crippen molar-refractivity contribution in [3.63, 3.8) is 0 Å². The van der Waals surface area contributed by atoms with Gasteiger partial charge < -0.3 is 9.84 Å². The highest BCUT2D eigenvalue weighted by atomic mass is 16.6. The Labute approximate surface area is 122 Å². The maximum atomic E-state index is 12.0. The lowest BCUT2D eigenvalue weighted by atomic mass is 10.1. The molecule has 0 saturated heterocycles. The van der Waals surface area contributed by atoms with Crippen molar-refractivity contribution in [1.82, 2.24) is 4.98 Å². The number of hydrogen-bond donors (Lipinski definition) is 1. The van der Waals surface area contributed by atoms with Crippen molar-refractivity contribution in [3.8, 4) is 0 Å². The van der Waals surface area contributed by atoms with E-state index in [9.17, 15) is 9.59 Å². The summed E-state index contributed by atoms with van der Waals surface area (Å²) >= 11 is 0. The van der Waals surface area contributed by atoms with Crippen LogP contribution in [0, 0.1) is 5.92 Å². The Morgan fingerprint density at radius 2 is 1.90 bits per heavy atom. The molecule has 2 rings (SSSR count). The van der Waals surface area contributed by atoms with Gasteiger partial charge in [0.05, 0.1) is 5.52 Å². The van der Waals surface area contributed by atoms with E-state index in [-0.39, 0.29) is 18.0 Å². The van der Waals surface area contributed by atoms with Gasteiger partial charge in [-0.3, -0.25) is 0 Å². The number of aliphatic carboxylic acids is 1. The number of carbonyl (C=O) groups excluding carboxylic acids is 1. The van der Waals surface area contributed by atoms with Crippen LogP contribution >= 0.6 is 0 Å². The molecule has 0 aliphatic carbocycles. The summed E-state index contributed by atoms with van der Waals surface area (Å²) in [6, 6.07) is 10.7. The SMILES string of the molecule is CC(C)C[C@@H](OC(=O)c1ccc2ccccc2n1)C(=O)O. The zero-order valence-corrected chi connectivity index (χ0v) is 11.9. The van der Waals surface area contributed by atoms with Crippen molar-refractivity contribution in [3.05, 3.63) is 42.1 Å². The second kappa shape index (κ2) is 6.35. The fourth-order valence-corrected chi connectivity index (χ4v) is 2.00. The summed E-state index contributed by atoms with van der Waals surface area (Å²) in [5, 5.41) is 10.0. The molecule has 0 saturated carbocycles. The van der Waals surface area contributed by atoms with Gasteiger partial charge in [0, 0.05) is 5.39 Å². The number of aromatic nitrogens is 1. The quantitative estimate of drug-likeness (QED) is 0.856. The van der Waals surface area contributed by atoms with Crippen molar-refractivity contribution in [2.24, 2.45) is 5.92 Å². The third-order valence-corrected chi connectivity index (χ3v) is 3.02. The number of carbonyl (C=O) groups is 2. The van der Waals surface area contributed by atoms with Gasteiger partial charge in [0.2, 0.25) is 0 Å². The lowest BCUT2D eigenvalue weighted by Gasteiger charge is -2.15. The van der Waals surface area contributed by atoms with Gasteiger partial charge in [-0.2, -0.15) is 0 Å². The van der Waals surface area contributed by atoms with Crippen LogP contribution in [0.25, 0.3) is 10.9 Å². The molecular weight excluding hydrogens is 270 g/mol. The molecule has 0 bridgehead atoms. The summed E-state index contributed by atoms with van der Waals surface area (Å²) in [6.07, 6.45) is -0.875. The van der Waals surface area contributed by atoms with E-state index >= 15 is 0 Å². The molecule has 1 atom stereocenters. The summed E-state index contributed by atoms with van der Waals surface area (Å²) in [5.74, 6) is -1.74. The molecule has 0 spiro atoms. The molecule has 1 heterocycles. The van der Waals surface area contributed by atoms with Crippen LogP contribution in [0.4, 0.5) is 0 Å². The molecular formula is C16H17NO4. The highest BCUT2D eigenvalue weighted by Crippen LogP contribution is 2.15. The molecule has 5 nitrogen and oxygen atoms in total. The summed E-state index contributed by atoms with van der Waals surface area (Å²) in [5.41, 5.74) is 0.784. The molecule has 1 aromatic heterocycles. The first kappa shape index (κ1) is 15.0. The zero-order chi connectivity index (χ0) is 15.4. The van der Waals surface area contributed by atoms with Crippen molar-refractivity contribution in [2.45, 2.75) is 26.4 Å². The lowest BCUT2D eigenvalue weighted by molar-refractivity contribution is -0.148. The molecule has 5 heteroatoms. The van der Waals surface area contributed by atoms with Crippen LogP contribution in [-0.4, -0.2) is 28.1 Å². The molecule has 2 aromatic rings. The first-order valence-corrected chi connectivity index (χ1v) is 6.77. The molecule has 0 aliphatic rings. The van der Waals surface area contributed by atoms with Gasteiger partial charge in [0.15, 0.2) is 6.10 Å². The van der Waals surface area contributed by atoms with Crippen molar-refractivity contribution >= 4 is 22.8 Å². The Morgan fingerprint density at radius 1 is 1.19 bits per heavy atom. The smallest absolute Gasteiger partial charge is 0.357 e. The number of pyridine rings is 1. The summed E-state index contributed by atoms with van der Waals surface area (Å²) in [4.78, 5) is 27.4. The van der Waals surface area contributed by atoms with Crippen LogP contribution in [0.3, 0.4) is 0 Å². The number of rotatable bonds is 5. The Morgan fingerprint density at radius 3 is 2.57 bits per heavy atom. The van der Waals surface area contributed by atoms with Crippen LogP contribution < -0.4 is 0 Å². The van der Waals surface area contributed by atoms with Crippen molar-refractivity contribution in [1.29, 1.82) is 0 Å². The molecule has 0 amide bonds. The Balaban J connectivity index is 2.19. The Kier molecular flexibility index (Phi) is 4.52. The first-order chi connectivity index (χ1) is 9.97. The number of hydrogen-bond acceptors (Lipinski definition) is 4. The van der Waals surface area contributed by atoms with E-state index < -0.39 is 18.0 Å². The summed E-state index contributed by atoms with van der Waals surface area (Å²) in [7, 11) is 0. The third kappa shape index (κ3) is 3.78. The summed E-state index contributed by atoms with van der Waals surface area (Å²) in [6.45, 7) is 3.75. The van der Waals surface area contributed by atoms with E-state index in [1.54, 1.807) is 18.2 Å². The molecule has 1 N–H and O–H groups in total. The van der Waals surface area contributed by atoms with E-state index in [1.165, 1.54) is 0 Å². The van der Waals surface area contributed by atoms with Gasteiger partial charge in [-0.25, -0.2) is 14.6 Å². The van der Waals surface area contributed by atoms with E-state index in [0.29, 0.717) is 5.52 Å². The topological polar surface area (TPSA) is 76.5 Å². The number of carboxylic acid groups (broad SMARTS) is 1. The van der Waals surface area contributed by atoms with Crippen molar-refractivity contribution in [2.75, 3.05) is 0 Å². The molecule has 1 aromatic carbocycles. The van der Waals surface area contributed by atoms with Crippen LogP contribution in [0.1, 0.15) is 30.8 Å². The second-order valence-electron chi connectivity index (χ2n) is 5.25. The number of carboxylic acids is 1. The van der Waals surface area contributed by atoms with Gasteiger partial charge in [0.25, 0.3) is 0 Å². The molecule has 0 unspecified atom stereocenters. The minimum absolute atomic E-state index is 0.114. The first-order valence-electron chi connectivity index (χ1n) is 6.77. The Hall–Kier alpha value is -2.43. The molecule has 21 heavy (non-hydrogen) atoms. The van der Waals surface area contributed by atoms with Gasteiger partial charge >= 0.3 is 11.9 Å². The second-order valence-corrected chi connectivity index (χ2v) is 5.25. The Bertz CT molecular complexity index is 666. The molecule has 0 radical (unpaired) electrons. The minimum atomic E-state index is -1.15. The maximum absolute atomic E-state index is 12.0. The zero-order valence-electron chi connectivity index (χ0n) is 11.9. The molecule has 0 aliphatic heterocycles. The number of benzene rings is 1. The number of fused-ring (bicyclic) bond motifs is 1. The number of esters is 1. The van der Waals surface area contributed by atoms with Crippen LogP contribution in [0.2, 0.25) is 0 Å². The number of para-hydroxylation sites is 1. The van der Waals surface area contributed by atoms with Gasteiger partial charge in [-0.1, -0.05) is 38.1 Å². The van der Waals surface area contributed by atoms with E-state index in [1.807, 2.05) is 32.0 Å². The molecule has 0 fully saturated rings. The highest BCUT2D eigenvalue weighted by molar-refractivity contribution is 5.92. The number of nitrogens with zero attached hydrogens (tertiary/aromatic N) is 1. The van der Waals surface area contributed by atoms with E-state index in [2.05, 4.69) is 4.98 Å². The summed E-state index contributed by atoms with van der Waals surface area (Å²) < 4.78 is 5.06. The standard InChI is InChI=1S/C16H17NO4/c1-10(2)9-14(15(18)19)21-16(20)13-8-7-11-5-3-4-6-12(11)17-13/h3-8,10,14H,9H2,1-2H3,(H,18,19)/t14-/m1/s1. The van der Waals surface area contributed by atoms with Crippen LogP contribution in [0.15, 0.2) is 36.4 Å². The predicted molar refractivity (Wildman–Crippen MR) is 78.0 cm³/mol. The van der Waals surface area contributed by atoms with Crippen molar-refractivity contribution < 1.29 is 19.4 Å². The largest absolute Gasteiger partial charge is 0.479 e. The van der Waals surface area contributed by atoms with E-state index in [4.69, 9.17) is 9.84 Å². The lowest BCUT2D eigenvalue weighted by Crippen LogP contribution is -2.28. The van der Waals surface area contributed by atoms with Gasteiger partial charge in [-0.15, -0.1) is 0 Å². The van der Waals surface area contributed by atoms with Gasteiger partial charge in [-0.05, 0) is 24.5 Å². The average Bonchev–Trinajstić information content (AvgIpc) is 2.45. The maximum Gasteiger partial charge on any atom is 0.357 e. The fourth-order valence-electron chi connectivity index (χ4n) is 2.00. The van der Waals surface area contributed by atoms with E-state index in [0.717, 1.165) is 5.39 Å². The molecule has 110 valence electrons. The van der Waals surface area contributed by atoms with Crippen LogP contribution in [0.5, 0.6) is 0 Å². The fraction of sp³-hybridized carbons (Fsp3) is 0.312. The monoisotopic (exact) mass is 287 g/mol. The number of ether oxygens (including phenoxy) is 1. The minimum Gasteiger partial charge on any atom is -0.479 e. The predicted octanol–water partition coefficient (Wildman–Crippen LogP) is 2.89. The average molecular weight is 287 g/mol.